The number of halogens is 2. The molecule has 7 heterocycles. The first kappa shape index (κ1) is 60.6. The number of nitrogens with one attached hydrogen (secondary N) is 2. The topological polar surface area (TPSA) is 57.4 Å². The number of unbranched alkanes of at least 4 members (excludes halogenated alkanes) is 20. The van der Waals surface area contributed by atoms with Gasteiger partial charge < -0.3 is 9.97 Å². The lowest BCUT2D eigenvalue weighted by Crippen LogP contribution is -2.55. The molecule has 0 radical (unpaired) electrons. The molecule has 0 fully saturated rings. The van der Waals surface area contributed by atoms with E-state index in [2.05, 4.69) is 203 Å². The predicted molar refractivity (Wildman–Crippen MR) is 379 cm³/mol. The van der Waals surface area contributed by atoms with Gasteiger partial charge in [0.2, 0.25) is 0 Å². The summed E-state index contributed by atoms with van der Waals surface area (Å²) in [5.74, 6) is 0. The van der Waals surface area contributed by atoms with Crippen LogP contribution < -0.4 is 20.7 Å². The molecule has 8 bridgehead atoms. The second-order valence-electron chi connectivity index (χ2n) is 25.2. The fourth-order valence-electron chi connectivity index (χ4n) is 15.1. The molecular formula is C76H92Br2N4Si2. The van der Waals surface area contributed by atoms with Crippen LogP contribution in [-0.4, -0.2) is 36.1 Å². The molecule has 4 aliphatic heterocycles. The van der Waals surface area contributed by atoms with E-state index in [9.17, 15) is 0 Å². The summed E-state index contributed by atoms with van der Waals surface area (Å²) in [7, 11) is -4.30. The van der Waals surface area contributed by atoms with Gasteiger partial charge in [0.05, 0.1) is 42.8 Å². The maximum atomic E-state index is 5.58. The Balaban J connectivity index is 1.03. The molecule has 438 valence electrons. The largest absolute Gasteiger partial charge is 0.354 e. The van der Waals surface area contributed by atoms with Gasteiger partial charge in [0.1, 0.15) is 16.1 Å². The van der Waals surface area contributed by atoms with Crippen LogP contribution in [-0.2, 0) is 0 Å². The molecule has 3 aromatic heterocycles. The van der Waals surface area contributed by atoms with E-state index in [1.807, 2.05) is 0 Å². The standard InChI is InChI=1S/C76H92Br2N4Si2/c1-5-9-13-17-21-29-49-83(50-30-22-18-14-10-6-2)69-35-27-25-33-57(69)59-39-37-55(53-71(59)83)73-61-41-45-65(79-61)75(77)67-47-43-63(81-67)74(64-44-48-68(82-64)76(78)66-46-42-62(73)80-66)56-38-40-60-58-34-26-28-36-70(58)84(72(60)54-56,51-31-23-19-15-11-7-3)52-32-24-20-16-12-8-4/h25-28,33-48,53-54,79,82H,5-24,29-32,49-52H2,1-4H3. The van der Waals surface area contributed by atoms with Crippen LogP contribution >= 0.6 is 31.9 Å². The average Bonchev–Trinajstić information content (AvgIpc) is 1.94. The molecule has 84 heavy (non-hydrogen) atoms. The molecule has 4 aromatic carbocycles. The van der Waals surface area contributed by atoms with E-state index < -0.39 is 16.1 Å². The van der Waals surface area contributed by atoms with Crippen LogP contribution in [0.15, 0.2) is 118 Å². The van der Waals surface area contributed by atoms with Gasteiger partial charge in [0, 0.05) is 22.2 Å². The third kappa shape index (κ3) is 12.7. The minimum Gasteiger partial charge on any atom is -0.354 e. The highest BCUT2D eigenvalue weighted by Gasteiger charge is 2.46. The van der Waals surface area contributed by atoms with Crippen LogP contribution in [0.3, 0.4) is 0 Å². The minimum atomic E-state index is -2.15. The van der Waals surface area contributed by atoms with Gasteiger partial charge in [-0.05, 0) is 159 Å². The second-order valence-corrected chi connectivity index (χ2v) is 35.3. The Hall–Kier alpha value is -5.13. The van der Waals surface area contributed by atoms with E-state index in [1.165, 1.54) is 212 Å². The summed E-state index contributed by atoms with van der Waals surface area (Å²) >= 11 is 8.32. The Morgan fingerprint density at radius 1 is 0.321 bits per heavy atom. The summed E-state index contributed by atoms with van der Waals surface area (Å²) in [5, 5.41) is 6.62. The van der Waals surface area contributed by atoms with E-state index in [-0.39, 0.29) is 0 Å². The zero-order valence-electron chi connectivity index (χ0n) is 51.2. The van der Waals surface area contributed by atoms with Crippen LogP contribution in [0.2, 0.25) is 24.2 Å². The molecule has 0 spiro atoms. The Labute approximate surface area is 522 Å². The zero-order chi connectivity index (χ0) is 57.9. The van der Waals surface area contributed by atoms with Crippen molar-refractivity contribution in [2.75, 3.05) is 0 Å². The average molecular weight is 1280 g/mol. The molecule has 4 aliphatic rings. The van der Waals surface area contributed by atoms with Crippen LogP contribution in [0.1, 0.15) is 205 Å². The molecule has 0 unspecified atom stereocenters. The fourth-order valence-corrected chi connectivity index (χ4v) is 27.3. The van der Waals surface area contributed by atoms with Crippen molar-refractivity contribution in [3.8, 4) is 44.5 Å². The number of aromatic nitrogens is 4. The van der Waals surface area contributed by atoms with Crippen molar-refractivity contribution in [2.24, 2.45) is 0 Å². The molecule has 8 heteroatoms. The minimum absolute atomic E-state index is 0.914. The molecule has 0 aliphatic carbocycles. The van der Waals surface area contributed by atoms with E-state index in [0.717, 1.165) is 64.9 Å². The molecule has 7 aromatic rings. The maximum absolute atomic E-state index is 5.58. The Morgan fingerprint density at radius 3 is 1.00 bits per heavy atom. The lowest BCUT2D eigenvalue weighted by atomic mass is 9.99. The summed E-state index contributed by atoms with van der Waals surface area (Å²) in [6.07, 6.45) is 40.7. The first-order chi connectivity index (χ1) is 41.3. The number of benzene rings is 4. The molecule has 4 nitrogen and oxygen atoms in total. The Kier molecular flexibility index (Phi) is 20.6. The summed E-state index contributed by atoms with van der Waals surface area (Å²) < 4.78 is 1.90. The van der Waals surface area contributed by atoms with Crippen molar-refractivity contribution in [3.05, 3.63) is 141 Å². The summed E-state index contributed by atoms with van der Waals surface area (Å²) in [5.41, 5.74) is 18.5. The van der Waals surface area contributed by atoms with E-state index in [4.69, 9.17) is 9.97 Å². The van der Waals surface area contributed by atoms with E-state index in [0.29, 0.717) is 0 Å². The smallest absolute Gasteiger partial charge is 0.119 e. The summed E-state index contributed by atoms with van der Waals surface area (Å²) in [6, 6.07) is 48.4. The molecule has 0 saturated carbocycles. The van der Waals surface area contributed by atoms with Crippen molar-refractivity contribution in [3.63, 3.8) is 0 Å². The van der Waals surface area contributed by atoms with Gasteiger partial charge in [0.15, 0.2) is 0 Å². The van der Waals surface area contributed by atoms with Gasteiger partial charge in [-0.3, -0.25) is 0 Å². The van der Waals surface area contributed by atoms with Crippen LogP contribution in [0.5, 0.6) is 0 Å². The van der Waals surface area contributed by atoms with Crippen molar-refractivity contribution in [1.82, 2.24) is 19.9 Å². The molecular weight excluding hydrogens is 1180 g/mol. The number of H-pyrrole nitrogens is 2. The van der Waals surface area contributed by atoms with Gasteiger partial charge >= 0.3 is 0 Å². The van der Waals surface area contributed by atoms with Crippen molar-refractivity contribution in [1.29, 1.82) is 0 Å². The first-order valence-electron chi connectivity index (χ1n) is 33.3. The molecule has 0 atom stereocenters. The predicted octanol–water partition coefficient (Wildman–Crippen LogP) is 22.0. The monoisotopic (exact) mass is 1270 g/mol. The van der Waals surface area contributed by atoms with Crippen LogP contribution in [0, 0.1) is 0 Å². The summed E-state index contributed by atoms with van der Waals surface area (Å²) in [6.45, 7) is 9.32. The number of hydrogen-bond donors (Lipinski definition) is 2. The lowest BCUT2D eigenvalue weighted by molar-refractivity contribution is 0.616. The van der Waals surface area contributed by atoms with Crippen molar-refractivity contribution in [2.45, 2.75) is 206 Å². The lowest BCUT2D eigenvalue weighted by Gasteiger charge is -2.31. The van der Waals surface area contributed by atoms with Gasteiger partial charge in [0.25, 0.3) is 0 Å². The molecule has 0 saturated heterocycles. The quantitative estimate of drug-likeness (QED) is 0.0348. The Bertz CT molecular complexity index is 3390. The fraction of sp³-hybridized carbons (Fsp3) is 0.421. The SMILES string of the molecule is CCCCCCCC[Si]1(CCCCCCCC)c2ccccc2-c2ccc(-c3c4nc(c(Br)c5ccc([nH]5)c(-c5ccc6c(c5)[Si](CCCCCCCC)(CCCCCCCC)c5ccccc5-6)c5nc(c(Br)c6ccc3[nH]6)C=C5)C=C4)cc21. The third-order valence-corrected chi connectivity index (χ3v) is 31.9. The number of nitrogens with zero attached hydrogens (tertiary/aromatic N) is 2. The van der Waals surface area contributed by atoms with E-state index >= 15 is 0 Å². The van der Waals surface area contributed by atoms with Gasteiger partial charge in [-0.25, -0.2) is 9.97 Å². The normalized spacial score (nSPS) is 14.1. The first-order valence-corrected chi connectivity index (χ1v) is 39.7. The highest BCUT2D eigenvalue weighted by molar-refractivity contribution is 9.11. The van der Waals surface area contributed by atoms with Gasteiger partial charge in [-0.2, -0.15) is 0 Å². The second kappa shape index (κ2) is 28.6. The molecule has 0 amide bonds. The van der Waals surface area contributed by atoms with Crippen molar-refractivity contribution < 1.29 is 0 Å². The number of aromatic amines is 2. The third-order valence-electron chi connectivity index (χ3n) is 19.6. The number of fused-ring (bicyclic) bond motifs is 14. The summed E-state index contributed by atoms with van der Waals surface area (Å²) in [4.78, 5) is 19.1. The number of rotatable bonds is 30. The van der Waals surface area contributed by atoms with Gasteiger partial charge in [-0.15, -0.1) is 0 Å². The number of hydrogen-bond acceptors (Lipinski definition) is 2. The highest BCUT2D eigenvalue weighted by Crippen LogP contribution is 2.42. The van der Waals surface area contributed by atoms with E-state index in [1.54, 1.807) is 20.7 Å². The maximum Gasteiger partial charge on any atom is 0.119 e. The zero-order valence-corrected chi connectivity index (χ0v) is 56.3. The van der Waals surface area contributed by atoms with Gasteiger partial charge in [-0.1, -0.05) is 267 Å². The highest BCUT2D eigenvalue weighted by atomic mass is 79.9. The molecule has 11 rings (SSSR count). The van der Waals surface area contributed by atoms with Crippen LogP contribution in [0.25, 0.3) is 90.9 Å². The van der Waals surface area contributed by atoms with Crippen LogP contribution in [0.4, 0.5) is 0 Å². The van der Waals surface area contributed by atoms with Crippen molar-refractivity contribution >= 4 is 115 Å². The Morgan fingerprint density at radius 2 is 0.631 bits per heavy atom. The molecule has 2 N–H and O–H groups in total.